The van der Waals surface area contributed by atoms with Crippen LogP contribution in [0.2, 0.25) is 0 Å². The predicted octanol–water partition coefficient (Wildman–Crippen LogP) is 1.94. The van der Waals surface area contributed by atoms with E-state index in [2.05, 4.69) is 5.32 Å². The number of alkyl halides is 3. The van der Waals surface area contributed by atoms with E-state index in [4.69, 9.17) is 5.14 Å². The first-order valence-corrected chi connectivity index (χ1v) is 7.11. The van der Waals surface area contributed by atoms with Crippen molar-refractivity contribution in [2.24, 2.45) is 5.14 Å². The fraction of sp³-hybridized carbons (Fsp3) is 0.455. The topological polar surface area (TPSA) is 72.2 Å². The van der Waals surface area contributed by atoms with Gasteiger partial charge in [0.05, 0.1) is 11.4 Å². The van der Waals surface area contributed by atoms with Crippen molar-refractivity contribution in [1.82, 2.24) is 5.32 Å². The summed E-state index contributed by atoms with van der Waals surface area (Å²) in [6.07, 6.45) is -3.92. The Kier molecular flexibility index (Phi) is 4.94. The molecule has 0 aromatic heterocycles. The van der Waals surface area contributed by atoms with Crippen molar-refractivity contribution in [1.29, 1.82) is 0 Å². The Morgan fingerprint density at radius 1 is 1.37 bits per heavy atom. The van der Waals surface area contributed by atoms with Crippen molar-refractivity contribution in [3.8, 4) is 0 Å². The van der Waals surface area contributed by atoms with Crippen molar-refractivity contribution in [3.05, 3.63) is 29.8 Å². The summed E-state index contributed by atoms with van der Waals surface area (Å²) in [7, 11) is -3.86. The van der Waals surface area contributed by atoms with Crippen LogP contribution in [0.25, 0.3) is 0 Å². The summed E-state index contributed by atoms with van der Waals surface area (Å²) in [6, 6.07) is 5.02. The van der Waals surface area contributed by atoms with E-state index in [1.807, 2.05) is 0 Å². The van der Waals surface area contributed by atoms with Crippen LogP contribution in [-0.2, 0) is 10.0 Å². The van der Waals surface area contributed by atoms with E-state index in [-0.39, 0.29) is 4.90 Å². The zero-order valence-corrected chi connectivity index (χ0v) is 11.1. The summed E-state index contributed by atoms with van der Waals surface area (Å²) < 4.78 is 58.9. The summed E-state index contributed by atoms with van der Waals surface area (Å²) in [5.41, 5.74) is 0.457. The van der Waals surface area contributed by atoms with E-state index in [9.17, 15) is 21.6 Å². The SMILES string of the molecule is CC[C@H](NCC(F)(F)F)c1cccc(S(N)(=O)=O)c1. The van der Waals surface area contributed by atoms with Crippen LogP contribution in [0.15, 0.2) is 29.2 Å². The fourth-order valence-electron chi connectivity index (χ4n) is 1.65. The maximum atomic E-state index is 12.2. The van der Waals surface area contributed by atoms with Gasteiger partial charge in [-0.3, -0.25) is 0 Å². The van der Waals surface area contributed by atoms with Gasteiger partial charge in [0.1, 0.15) is 0 Å². The van der Waals surface area contributed by atoms with Gasteiger partial charge in [-0.2, -0.15) is 13.2 Å². The van der Waals surface area contributed by atoms with Crippen LogP contribution in [-0.4, -0.2) is 21.1 Å². The molecule has 0 saturated carbocycles. The van der Waals surface area contributed by atoms with E-state index >= 15 is 0 Å². The molecule has 3 N–H and O–H groups in total. The van der Waals surface area contributed by atoms with Gasteiger partial charge in [-0.1, -0.05) is 19.1 Å². The van der Waals surface area contributed by atoms with Gasteiger partial charge < -0.3 is 5.32 Å². The van der Waals surface area contributed by atoms with Crippen LogP contribution in [0.1, 0.15) is 24.9 Å². The molecule has 1 atom stereocenters. The number of nitrogens with two attached hydrogens (primary N) is 1. The Morgan fingerprint density at radius 3 is 2.47 bits per heavy atom. The number of hydrogen-bond donors (Lipinski definition) is 2. The Balaban J connectivity index is 2.93. The molecule has 1 rings (SSSR count). The van der Waals surface area contributed by atoms with Gasteiger partial charge in [0.15, 0.2) is 0 Å². The highest BCUT2D eigenvalue weighted by Gasteiger charge is 2.28. The standard InChI is InChI=1S/C11H15F3N2O2S/c1-2-10(16-7-11(12,13)14)8-4-3-5-9(6-8)19(15,17)18/h3-6,10,16H,2,7H2,1H3,(H2,15,17,18)/t10-/m0/s1. The van der Waals surface area contributed by atoms with Gasteiger partial charge in [-0.05, 0) is 24.1 Å². The van der Waals surface area contributed by atoms with E-state index in [1.165, 1.54) is 18.2 Å². The molecule has 0 heterocycles. The summed E-state index contributed by atoms with van der Waals surface area (Å²) in [6.45, 7) is 0.572. The van der Waals surface area contributed by atoms with Crippen LogP contribution < -0.4 is 10.5 Å². The lowest BCUT2D eigenvalue weighted by molar-refractivity contribution is -0.126. The number of rotatable bonds is 5. The fourth-order valence-corrected chi connectivity index (χ4v) is 2.21. The summed E-state index contributed by atoms with van der Waals surface area (Å²) in [5, 5.41) is 7.33. The molecule has 0 spiro atoms. The number of sulfonamides is 1. The number of hydrogen-bond acceptors (Lipinski definition) is 3. The molecular weight excluding hydrogens is 281 g/mol. The Hall–Kier alpha value is -1.12. The van der Waals surface area contributed by atoms with Crippen molar-refractivity contribution in [2.75, 3.05) is 6.54 Å². The Labute approximate surface area is 109 Å². The van der Waals surface area contributed by atoms with E-state index in [0.29, 0.717) is 12.0 Å². The van der Waals surface area contributed by atoms with Crippen LogP contribution in [0.3, 0.4) is 0 Å². The molecule has 0 amide bonds. The van der Waals surface area contributed by atoms with E-state index in [1.54, 1.807) is 13.0 Å². The minimum absolute atomic E-state index is 0.114. The first-order valence-electron chi connectivity index (χ1n) is 5.56. The van der Waals surface area contributed by atoms with Crippen LogP contribution >= 0.6 is 0 Å². The molecule has 1 aromatic rings. The second-order valence-electron chi connectivity index (χ2n) is 4.07. The largest absolute Gasteiger partial charge is 0.401 e. The molecule has 1 aromatic carbocycles. The van der Waals surface area contributed by atoms with Crippen molar-refractivity contribution >= 4 is 10.0 Å². The van der Waals surface area contributed by atoms with Crippen molar-refractivity contribution in [3.63, 3.8) is 0 Å². The molecule has 0 aliphatic rings. The molecule has 0 radical (unpaired) electrons. The lowest BCUT2D eigenvalue weighted by Crippen LogP contribution is -2.32. The molecule has 108 valence electrons. The third-order valence-corrected chi connectivity index (χ3v) is 3.46. The summed E-state index contributed by atoms with van der Waals surface area (Å²) in [5.74, 6) is 0. The molecule has 0 aliphatic heterocycles. The van der Waals surface area contributed by atoms with Gasteiger partial charge in [-0.15, -0.1) is 0 Å². The van der Waals surface area contributed by atoms with E-state index in [0.717, 1.165) is 0 Å². The molecule has 0 saturated heterocycles. The lowest BCUT2D eigenvalue weighted by Gasteiger charge is -2.19. The smallest absolute Gasteiger partial charge is 0.302 e. The van der Waals surface area contributed by atoms with Crippen LogP contribution in [0.5, 0.6) is 0 Å². The molecule has 8 heteroatoms. The van der Waals surface area contributed by atoms with Crippen molar-refractivity contribution < 1.29 is 21.6 Å². The number of nitrogens with one attached hydrogen (secondary N) is 1. The zero-order valence-electron chi connectivity index (χ0n) is 10.2. The zero-order chi connectivity index (χ0) is 14.7. The van der Waals surface area contributed by atoms with Gasteiger partial charge >= 0.3 is 6.18 Å². The van der Waals surface area contributed by atoms with Gasteiger partial charge in [0.25, 0.3) is 0 Å². The maximum Gasteiger partial charge on any atom is 0.401 e. The lowest BCUT2D eigenvalue weighted by atomic mass is 10.0. The quantitative estimate of drug-likeness (QED) is 0.872. The minimum Gasteiger partial charge on any atom is -0.302 e. The second kappa shape index (κ2) is 5.89. The summed E-state index contributed by atoms with van der Waals surface area (Å²) in [4.78, 5) is -0.114. The highest BCUT2D eigenvalue weighted by atomic mass is 32.2. The molecule has 0 fully saturated rings. The van der Waals surface area contributed by atoms with E-state index < -0.39 is 28.8 Å². The van der Waals surface area contributed by atoms with Gasteiger partial charge in [0, 0.05) is 6.04 Å². The highest BCUT2D eigenvalue weighted by Crippen LogP contribution is 2.21. The molecule has 0 bridgehead atoms. The Bertz CT molecular complexity index is 529. The van der Waals surface area contributed by atoms with Crippen LogP contribution in [0, 0.1) is 0 Å². The number of primary sulfonamides is 1. The first kappa shape index (κ1) is 15.9. The van der Waals surface area contributed by atoms with Crippen LogP contribution in [0.4, 0.5) is 13.2 Å². The maximum absolute atomic E-state index is 12.2. The first-order chi connectivity index (χ1) is 8.63. The minimum atomic E-state index is -4.31. The molecular formula is C11H15F3N2O2S. The van der Waals surface area contributed by atoms with Gasteiger partial charge in [0.2, 0.25) is 10.0 Å². The average Bonchev–Trinajstić information content (AvgIpc) is 2.27. The molecule has 19 heavy (non-hydrogen) atoms. The van der Waals surface area contributed by atoms with Gasteiger partial charge in [-0.25, -0.2) is 13.6 Å². The summed E-state index contributed by atoms with van der Waals surface area (Å²) >= 11 is 0. The molecule has 0 unspecified atom stereocenters. The molecule has 0 aliphatic carbocycles. The monoisotopic (exact) mass is 296 g/mol. The predicted molar refractivity (Wildman–Crippen MR) is 64.9 cm³/mol. The number of benzene rings is 1. The third-order valence-electron chi connectivity index (χ3n) is 2.55. The third kappa shape index (κ3) is 5.17. The normalized spacial score (nSPS) is 14.4. The Morgan fingerprint density at radius 2 is 2.00 bits per heavy atom. The number of halogens is 3. The highest BCUT2D eigenvalue weighted by molar-refractivity contribution is 7.89. The second-order valence-corrected chi connectivity index (χ2v) is 5.64. The van der Waals surface area contributed by atoms with Crippen molar-refractivity contribution in [2.45, 2.75) is 30.5 Å². The average molecular weight is 296 g/mol. The molecule has 4 nitrogen and oxygen atoms in total.